The van der Waals surface area contributed by atoms with Crippen LogP contribution in [0.25, 0.3) is 0 Å². The van der Waals surface area contributed by atoms with Crippen molar-refractivity contribution >= 4 is 0 Å². The number of hydrogen-bond acceptors (Lipinski definition) is 3. The third-order valence-corrected chi connectivity index (χ3v) is 4.33. The lowest BCUT2D eigenvalue weighted by Crippen LogP contribution is -2.54. The van der Waals surface area contributed by atoms with Crippen LogP contribution in [0.2, 0.25) is 0 Å². The highest BCUT2D eigenvalue weighted by Crippen LogP contribution is 2.37. The van der Waals surface area contributed by atoms with Crippen LogP contribution in [0.1, 0.15) is 12.8 Å². The number of nitrogens with one attached hydrogen (secondary N) is 1. The van der Waals surface area contributed by atoms with Crippen LogP contribution in [0.3, 0.4) is 0 Å². The number of morpholine rings is 1. The molecule has 3 aliphatic rings. The van der Waals surface area contributed by atoms with E-state index in [0.29, 0.717) is 12.1 Å². The van der Waals surface area contributed by atoms with Gasteiger partial charge in [0.15, 0.2) is 0 Å². The summed E-state index contributed by atoms with van der Waals surface area (Å²) in [7, 11) is 2.25. The average molecular weight is 196 g/mol. The van der Waals surface area contributed by atoms with Crippen molar-refractivity contribution in [2.75, 3.05) is 33.3 Å². The Bertz CT molecular complexity index is 221. The van der Waals surface area contributed by atoms with Gasteiger partial charge in [-0.3, -0.25) is 4.90 Å². The van der Waals surface area contributed by atoms with Crippen LogP contribution >= 0.6 is 0 Å². The minimum Gasteiger partial charge on any atom is -0.375 e. The van der Waals surface area contributed by atoms with E-state index in [1.807, 2.05) is 0 Å². The Morgan fingerprint density at radius 2 is 2.00 bits per heavy atom. The quantitative estimate of drug-likeness (QED) is 0.603. The standard InChI is InChI=1S/C11H20N2O/c1-13-2-3-14-11-5-9-7-12-6-8(9)4-10(11)13/h8-12H,2-7H2,1H3. The summed E-state index contributed by atoms with van der Waals surface area (Å²) in [6.07, 6.45) is 3.15. The van der Waals surface area contributed by atoms with Gasteiger partial charge in [-0.15, -0.1) is 0 Å². The first-order valence-corrected chi connectivity index (χ1v) is 5.87. The van der Waals surface area contributed by atoms with Crippen LogP contribution in [0.4, 0.5) is 0 Å². The molecule has 2 heterocycles. The van der Waals surface area contributed by atoms with Gasteiger partial charge in [-0.05, 0) is 44.8 Å². The zero-order valence-corrected chi connectivity index (χ0v) is 8.91. The molecule has 0 amide bonds. The molecule has 0 spiro atoms. The molecule has 0 radical (unpaired) electrons. The van der Waals surface area contributed by atoms with E-state index < -0.39 is 0 Å². The van der Waals surface area contributed by atoms with Gasteiger partial charge in [0.25, 0.3) is 0 Å². The molecular formula is C11H20N2O. The summed E-state index contributed by atoms with van der Waals surface area (Å²) in [6, 6.07) is 0.699. The zero-order chi connectivity index (χ0) is 9.54. The van der Waals surface area contributed by atoms with E-state index >= 15 is 0 Å². The normalized spacial score (nSPS) is 48.6. The fourth-order valence-electron chi connectivity index (χ4n) is 3.41. The predicted molar refractivity (Wildman–Crippen MR) is 55.2 cm³/mol. The van der Waals surface area contributed by atoms with Gasteiger partial charge in [0.05, 0.1) is 12.7 Å². The Balaban J connectivity index is 1.74. The van der Waals surface area contributed by atoms with Gasteiger partial charge >= 0.3 is 0 Å². The first-order valence-electron chi connectivity index (χ1n) is 5.87. The van der Waals surface area contributed by atoms with Crippen molar-refractivity contribution < 1.29 is 4.74 Å². The molecule has 2 aliphatic heterocycles. The molecule has 14 heavy (non-hydrogen) atoms. The smallest absolute Gasteiger partial charge is 0.0734 e. The molecule has 4 unspecified atom stereocenters. The third-order valence-electron chi connectivity index (χ3n) is 4.33. The molecular weight excluding hydrogens is 176 g/mol. The van der Waals surface area contributed by atoms with Gasteiger partial charge in [-0.1, -0.05) is 0 Å². The van der Waals surface area contributed by atoms with Crippen LogP contribution in [-0.4, -0.2) is 50.3 Å². The monoisotopic (exact) mass is 196 g/mol. The van der Waals surface area contributed by atoms with Crippen LogP contribution in [-0.2, 0) is 4.74 Å². The number of ether oxygens (including phenoxy) is 1. The van der Waals surface area contributed by atoms with Crippen LogP contribution in [0, 0.1) is 11.8 Å². The average Bonchev–Trinajstić information content (AvgIpc) is 2.62. The molecule has 2 saturated heterocycles. The first-order chi connectivity index (χ1) is 6.84. The maximum Gasteiger partial charge on any atom is 0.0734 e. The van der Waals surface area contributed by atoms with Gasteiger partial charge in [0.1, 0.15) is 0 Å². The van der Waals surface area contributed by atoms with Crippen LogP contribution < -0.4 is 5.32 Å². The lowest BCUT2D eigenvalue weighted by molar-refractivity contribution is -0.0964. The van der Waals surface area contributed by atoms with Crippen LogP contribution in [0.5, 0.6) is 0 Å². The summed E-state index contributed by atoms with van der Waals surface area (Å²) in [4.78, 5) is 2.50. The lowest BCUT2D eigenvalue weighted by Gasteiger charge is -2.45. The van der Waals surface area contributed by atoms with E-state index in [2.05, 4.69) is 17.3 Å². The molecule has 3 heteroatoms. The Hall–Kier alpha value is -0.120. The summed E-state index contributed by atoms with van der Waals surface area (Å²) < 4.78 is 5.89. The molecule has 0 bridgehead atoms. The van der Waals surface area contributed by atoms with Crippen molar-refractivity contribution in [3.8, 4) is 0 Å². The van der Waals surface area contributed by atoms with E-state index in [1.54, 1.807) is 0 Å². The SMILES string of the molecule is CN1CCOC2CC3CNCC3CC21. The van der Waals surface area contributed by atoms with Gasteiger partial charge in [0.2, 0.25) is 0 Å². The molecule has 1 saturated carbocycles. The van der Waals surface area contributed by atoms with Crippen molar-refractivity contribution in [1.82, 2.24) is 10.2 Å². The largest absolute Gasteiger partial charge is 0.375 e. The summed E-state index contributed by atoms with van der Waals surface area (Å²) in [5.41, 5.74) is 0. The molecule has 3 rings (SSSR count). The molecule has 4 atom stereocenters. The second kappa shape index (κ2) is 3.47. The van der Waals surface area contributed by atoms with Gasteiger partial charge in [-0.2, -0.15) is 0 Å². The maximum atomic E-state index is 5.89. The summed E-state index contributed by atoms with van der Waals surface area (Å²) >= 11 is 0. The van der Waals surface area contributed by atoms with Gasteiger partial charge < -0.3 is 10.1 Å². The Morgan fingerprint density at radius 1 is 1.21 bits per heavy atom. The Morgan fingerprint density at radius 3 is 2.86 bits per heavy atom. The summed E-state index contributed by atoms with van der Waals surface area (Å²) in [6.45, 7) is 4.51. The number of fused-ring (bicyclic) bond motifs is 2. The number of rotatable bonds is 0. The summed E-state index contributed by atoms with van der Waals surface area (Å²) in [5, 5.41) is 3.51. The number of nitrogens with zero attached hydrogens (tertiary/aromatic N) is 1. The Labute approximate surface area is 85.8 Å². The van der Waals surface area contributed by atoms with Crippen molar-refractivity contribution in [2.24, 2.45) is 11.8 Å². The minimum atomic E-state index is 0.523. The topological polar surface area (TPSA) is 24.5 Å². The van der Waals surface area contributed by atoms with Crippen molar-refractivity contribution in [2.45, 2.75) is 25.0 Å². The highest BCUT2D eigenvalue weighted by atomic mass is 16.5. The molecule has 0 aromatic carbocycles. The fraction of sp³-hybridized carbons (Fsp3) is 1.00. The molecule has 0 aromatic heterocycles. The van der Waals surface area contributed by atoms with Crippen LogP contribution in [0.15, 0.2) is 0 Å². The molecule has 1 N–H and O–H groups in total. The molecule has 0 aromatic rings. The molecule has 1 aliphatic carbocycles. The molecule has 3 fully saturated rings. The number of hydrogen-bond donors (Lipinski definition) is 1. The van der Waals surface area contributed by atoms with Gasteiger partial charge in [-0.25, -0.2) is 0 Å². The second-order valence-electron chi connectivity index (χ2n) is 5.11. The van der Waals surface area contributed by atoms with Crippen molar-refractivity contribution in [3.63, 3.8) is 0 Å². The van der Waals surface area contributed by atoms with E-state index in [1.165, 1.54) is 25.9 Å². The summed E-state index contributed by atoms with van der Waals surface area (Å²) in [5.74, 6) is 1.81. The Kier molecular flexibility index (Phi) is 2.26. The van der Waals surface area contributed by atoms with E-state index in [9.17, 15) is 0 Å². The van der Waals surface area contributed by atoms with E-state index in [4.69, 9.17) is 4.74 Å². The first kappa shape index (κ1) is 9.13. The molecule has 80 valence electrons. The van der Waals surface area contributed by atoms with Crippen molar-refractivity contribution in [1.29, 1.82) is 0 Å². The third kappa shape index (κ3) is 1.38. The number of likely N-dealkylation sites (N-methyl/N-ethyl adjacent to an activating group) is 1. The van der Waals surface area contributed by atoms with E-state index in [0.717, 1.165) is 25.0 Å². The highest BCUT2D eigenvalue weighted by molar-refractivity contribution is 4.96. The zero-order valence-electron chi connectivity index (χ0n) is 8.91. The van der Waals surface area contributed by atoms with E-state index in [-0.39, 0.29) is 0 Å². The fourth-order valence-corrected chi connectivity index (χ4v) is 3.41. The maximum absolute atomic E-state index is 5.89. The predicted octanol–water partition coefficient (Wildman–Crippen LogP) is 0.315. The minimum absolute atomic E-state index is 0.523. The lowest BCUT2D eigenvalue weighted by atomic mass is 9.76. The van der Waals surface area contributed by atoms with Gasteiger partial charge in [0, 0.05) is 12.6 Å². The van der Waals surface area contributed by atoms with Crippen molar-refractivity contribution in [3.05, 3.63) is 0 Å². The highest BCUT2D eigenvalue weighted by Gasteiger charge is 2.42. The second-order valence-corrected chi connectivity index (χ2v) is 5.11. The molecule has 3 nitrogen and oxygen atoms in total.